The summed E-state index contributed by atoms with van der Waals surface area (Å²) < 4.78 is 5.09. The molecule has 1 fully saturated rings. The second-order valence-corrected chi connectivity index (χ2v) is 5.55. The van der Waals surface area contributed by atoms with E-state index in [1.54, 1.807) is 25.3 Å². The molecule has 1 atom stereocenters. The molecular weight excluding hydrogens is 299 g/mol. The van der Waals surface area contributed by atoms with Crippen LogP contribution in [0.4, 0.5) is 5.69 Å². The predicted octanol–water partition coefficient (Wildman–Crippen LogP) is 3.10. The van der Waals surface area contributed by atoms with Crippen LogP contribution in [0.2, 0.25) is 5.02 Å². The van der Waals surface area contributed by atoms with Crippen molar-refractivity contribution in [3.05, 3.63) is 23.2 Å². The van der Waals surface area contributed by atoms with E-state index in [1.807, 2.05) is 6.92 Å². The van der Waals surface area contributed by atoms with Crippen molar-refractivity contribution in [1.82, 2.24) is 5.32 Å². The molecule has 0 aliphatic carbocycles. The van der Waals surface area contributed by atoms with E-state index in [1.165, 1.54) is 0 Å². The zero-order valence-corrected chi connectivity index (χ0v) is 13.2. The fraction of sp³-hybridized carbons (Fsp3) is 0.500. The van der Waals surface area contributed by atoms with Crippen molar-refractivity contribution in [2.45, 2.75) is 19.8 Å². The van der Waals surface area contributed by atoms with E-state index in [9.17, 15) is 4.79 Å². The summed E-state index contributed by atoms with van der Waals surface area (Å²) in [5, 5.41) is 6.68. The normalized spacial score (nSPS) is 21.8. The highest BCUT2D eigenvalue weighted by molar-refractivity contribution is 6.32. The van der Waals surface area contributed by atoms with Gasteiger partial charge in [0.2, 0.25) is 5.91 Å². The molecule has 1 amide bonds. The van der Waals surface area contributed by atoms with Gasteiger partial charge in [0.1, 0.15) is 5.75 Å². The Balaban J connectivity index is 0.00000200. The largest absolute Gasteiger partial charge is 0.495 e. The molecule has 0 spiro atoms. The summed E-state index contributed by atoms with van der Waals surface area (Å²) in [6.07, 6.45) is 1.92. The summed E-state index contributed by atoms with van der Waals surface area (Å²) in [4.78, 5) is 12.3. The van der Waals surface area contributed by atoms with E-state index in [2.05, 4.69) is 10.6 Å². The molecule has 112 valence electrons. The van der Waals surface area contributed by atoms with Crippen LogP contribution in [0.3, 0.4) is 0 Å². The minimum atomic E-state index is -0.356. The Kier molecular flexibility index (Phi) is 6.11. The van der Waals surface area contributed by atoms with Crippen molar-refractivity contribution < 1.29 is 9.53 Å². The summed E-state index contributed by atoms with van der Waals surface area (Å²) in [6, 6.07) is 5.25. The number of nitrogens with one attached hydrogen (secondary N) is 2. The van der Waals surface area contributed by atoms with Gasteiger partial charge >= 0.3 is 0 Å². The summed E-state index contributed by atoms with van der Waals surface area (Å²) >= 11 is 6.04. The third-order valence-electron chi connectivity index (χ3n) is 3.56. The van der Waals surface area contributed by atoms with Crippen LogP contribution in [0.15, 0.2) is 18.2 Å². The molecule has 4 nitrogen and oxygen atoms in total. The monoisotopic (exact) mass is 318 g/mol. The standard InChI is InChI=1S/C14H19ClN2O2.ClH/c1-14(6-3-7-16-9-14)13(18)17-10-4-5-12(19-2)11(15)8-10;/h4-5,8,16H,3,6-7,9H2,1-2H3,(H,17,18);1H. The third kappa shape index (κ3) is 3.78. The van der Waals surface area contributed by atoms with E-state index in [0.29, 0.717) is 23.0 Å². The Morgan fingerprint density at radius 1 is 1.50 bits per heavy atom. The highest BCUT2D eigenvalue weighted by Gasteiger charge is 2.34. The maximum Gasteiger partial charge on any atom is 0.231 e. The van der Waals surface area contributed by atoms with Crippen molar-refractivity contribution >= 4 is 35.6 Å². The van der Waals surface area contributed by atoms with Gasteiger partial charge in [-0.1, -0.05) is 11.6 Å². The second-order valence-electron chi connectivity index (χ2n) is 5.14. The number of hydrogen-bond donors (Lipinski definition) is 2. The molecule has 1 unspecified atom stereocenters. The molecule has 1 aromatic carbocycles. The first-order chi connectivity index (χ1) is 9.05. The topological polar surface area (TPSA) is 50.4 Å². The summed E-state index contributed by atoms with van der Waals surface area (Å²) in [5.74, 6) is 0.631. The van der Waals surface area contributed by atoms with Gasteiger partial charge in [-0.25, -0.2) is 0 Å². The SMILES string of the molecule is COc1ccc(NC(=O)C2(C)CCCNC2)cc1Cl.Cl. The smallest absolute Gasteiger partial charge is 0.231 e. The van der Waals surface area contributed by atoms with Crippen LogP contribution >= 0.6 is 24.0 Å². The Hall–Kier alpha value is -0.970. The Morgan fingerprint density at radius 2 is 2.25 bits per heavy atom. The number of benzene rings is 1. The van der Waals surface area contributed by atoms with Crippen LogP contribution < -0.4 is 15.4 Å². The van der Waals surface area contributed by atoms with Crippen molar-refractivity contribution in [2.24, 2.45) is 5.41 Å². The molecule has 1 aliphatic heterocycles. The molecule has 20 heavy (non-hydrogen) atoms. The average Bonchev–Trinajstić information content (AvgIpc) is 2.40. The maximum atomic E-state index is 12.3. The number of carbonyl (C=O) groups is 1. The van der Waals surface area contributed by atoms with Crippen LogP contribution in [-0.4, -0.2) is 26.1 Å². The lowest BCUT2D eigenvalue weighted by Gasteiger charge is -2.32. The van der Waals surface area contributed by atoms with E-state index in [0.717, 1.165) is 19.4 Å². The van der Waals surface area contributed by atoms with Gasteiger partial charge in [-0.05, 0) is 44.5 Å². The lowest BCUT2D eigenvalue weighted by atomic mass is 9.82. The van der Waals surface area contributed by atoms with E-state index in [4.69, 9.17) is 16.3 Å². The van der Waals surface area contributed by atoms with Gasteiger partial charge in [-0.3, -0.25) is 4.79 Å². The molecule has 1 heterocycles. The number of rotatable bonds is 3. The van der Waals surface area contributed by atoms with E-state index in [-0.39, 0.29) is 23.7 Å². The number of amides is 1. The Labute approximate surface area is 130 Å². The minimum Gasteiger partial charge on any atom is -0.495 e. The van der Waals surface area contributed by atoms with Gasteiger partial charge in [0.05, 0.1) is 17.5 Å². The lowest BCUT2D eigenvalue weighted by molar-refractivity contribution is -0.125. The molecule has 0 bridgehead atoms. The first kappa shape index (κ1) is 17.1. The van der Waals surface area contributed by atoms with Gasteiger partial charge < -0.3 is 15.4 Å². The minimum absolute atomic E-state index is 0. The average molecular weight is 319 g/mol. The summed E-state index contributed by atoms with van der Waals surface area (Å²) in [6.45, 7) is 3.68. The number of hydrogen-bond acceptors (Lipinski definition) is 3. The van der Waals surface area contributed by atoms with Crippen LogP contribution in [0.5, 0.6) is 5.75 Å². The fourth-order valence-electron chi connectivity index (χ4n) is 2.28. The maximum absolute atomic E-state index is 12.3. The lowest BCUT2D eigenvalue weighted by Crippen LogP contribution is -2.46. The van der Waals surface area contributed by atoms with Crippen molar-refractivity contribution in [3.63, 3.8) is 0 Å². The highest BCUT2D eigenvalue weighted by Crippen LogP contribution is 2.30. The summed E-state index contributed by atoms with van der Waals surface area (Å²) in [7, 11) is 1.56. The van der Waals surface area contributed by atoms with E-state index < -0.39 is 0 Å². The first-order valence-corrected chi connectivity index (χ1v) is 6.79. The quantitative estimate of drug-likeness (QED) is 0.900. The third-order valence-corrected chi connectivity index (χ3v) is 3.85. The Bertz CT molecular complexity index is 474. The number of carbonyl (C=O) groups excluding carboxylic acids is 1. The van der Waals surface area contributed by atoms with Gasteiger partial charge in [0.15, 0.2) is 0 Å². The van der Waals surface area contributed by atoms with Gasteiger partial charge in [-0.15, -0.1) is 12.4 Å². The number of methoxy groups -OCH3 is 1. The molecule has 2 N–H and O–H groups in total. The van der Waals surface area contributed by atoms with Crippen LogP contribution in [0.1, 0.15) is 19.8 Å². The molecule has 6 heteroatoms. The van der Waals surface area contributed by atoms with Crippen molar-refractivity contribution in [2.75, 3.05) is 25.5 Å². The zero-order chi connectivity index (χ0) is 13.9. The van der Waals surface area contributed by atoms with Crippen LogP contribution in [-0.2, 0) is 4.79 Å². The number of piperidine rings is 1. The number of ether oxygens (including phenoxy) is 1. The molecule has 0 saturated carbocycles. The fourth-order valence-corrected chi connectivity index (χ4v) is 2.53. The van der Waals surface area contributed by atoms with Crippen molar-refractivity contribution in [1.29, 1.82) is 0 Å². The van der Waals surface area contributed by atoms with Crippen molar-refractivity contribution in [3.8, 4) is 5.75 Å². The molecule has 2 rings (SSSR count). The van der Waals surface area contributed by atoms with Crippen LogP contribution in [0.25, 0.3) is 0 Å². The zero-order valence-electron chi connectivity index (χ0n) is 11.7. The van der Waals surface area contributed by atoms with Gasteiger partial charge in [-0.2, -0.15) is 0 Å². The Morgan fingerprint density at radius 3 is 2.80 bits per heavy atom. The molecule has 0 radical (unpaired) electrons. The second kappa shape index (κ2) is 7.16. The number of halogens is 2. The molecule has 1 saturated heterocycles. The summed E-state index contributed by atoms with van der Waals surface area (Å²) in [5.41, 5.74) is 0.340. The number of anilines is 1. The first-order valence-electron chi connectivity index (χ1n) is 6.41. The molecular formula is C14H20Cl2N2O2. The predicted molar refractivity (Wildman–Crippen MR) is 84.1 cm³/mol. The van der Waals surface area contributed by atoms with E-state index >= 15 is 0 Å². The molecule has 1 aromatic rings. The van der Waals surface area contributed by atoms with Gasteiger partial charge in [0.25, 0.3) is 0 Å². The highest BCUT2D eigenvalue weighted by atomic mass is 35.5. The molecule has 1 aliphatic rings. The van der Waals surface area contributed by atoms with Crippen LogP contribution in [0, 0.1) is 5.41 Å². The molecule has 0 aromatic heterocycles. The van der Waals surface area contributed by atoms with Gasteiger partial charge in [0, 0.05) is 12.2 Å².